The Morgan fingerprint density at radius 2 is 1.15 bits per heavy atom. The molecular weight excluding hydrogens is 866 g/mol. The third kappa shape index (κ3) is 12.9. The van der Waals surface area contributed by atoms with E-state index in [4.69, 9.17) is 61.6 Å². The number of hydrogen-bond donors (Lipinski definition) is 1. The molecule has 22 nitrogen and oxygen atoms in total. The highest BCUT2D eigenvalue weighted by Gasteiger charge is 2.57. The van der Waals surface area contributed by atoms with Crippen molar-refractivity contribution in [3.8, 4) is 11.5 Å². The van der Waals surface area contributed by atoms with E-state index >= 15 is 0 Å². The van der Waals surface area contributed by atoms with Crippen LogP contribution in [0, 0.1) is 0 Å². The Morgan fingerprint density at radius 3 is 1.72 bits per heavy atom. The molecule has 0 bridgehead atoms. The van der Waals surface area contributed by atoms with Gasteiger partial charge in [-0.25, -0.2) is 9.59 Å². The molecule has 352 valence electrons. The number of ether oxygens (including phenoxy) is 13. The summed E-state index contributed by atoms with van der Waals surface area (Å²) in [4.78, 5) is 104. The van der Waals surface area contributed by atoms with Crippen LogP contribution < -0.4 is 9.47 Å². The summed E-state index contributed by atoms with van der Waals surface area (Å²) in [6.07, 6.45) is -17.1. The number of fused-ring (bicyclic) bond motifs is 1. The van der Waals surface area contributed by atoms with Gasteiger partial charge in [0.15, 0.2) is 54.4 Å². The van der Waals surface area contributed by atoms with Gasteiger partial charge in [0.2, 0.25) is 12.4 Å². The first-order valence-corrected chi connectivity index (χ1v) is 20.1. The molecule has 1 N–H and O–H groups in total. The van der Waals surface area contributed by atoms with Gasteiger partial charge in [0.25, 0.3) is 0 Å². The van der Waals surface area contributed by atoms with Gasteiger partial charge in [0.05, 0.1) is 25.8 Å². The quantitative estimate of drug-likeness (QED) is 0.150. The summed E-state index contributed by atoms with van der Waals surface area (Å²) in [5.41, 5.74) is 1.23. The van der Waals surface area contributed by atoms with Crippen molar-refractivity contribution in [1.82, 2.24) is 4.98 Å². The highest BCUT2D eigenvalue weighted by atomic mass is 16.8. The summed E-state index contributed by atoms with van der Waals surface area (Å²) in [6, 6.07) is 13.6. The molecule has 2 aliphatic rings. The minimum atomic E-state index is -1.84. The number of methoxy groups -OCH3 is 1. The number of esters is 8. The van der Waals surface area contributed by atoms with E-state index in [1.807, 2.05) is 18.2 Å². The molecule has 0 saturated carbocycles. The Bertz CT molecular complexity index is 2220. The Balaban J connectivity index is 1.53. The molecule has 65 heavy (non-hydrogen) atoms. The molecule has 5 rings (SSSR count). The minimum absolute atomic E-state index is 0.0115. The number of carbonyl (C=O) groups excluding carboxylic acids is 8. The van der Waals surface area contributed by atoms with E-state index < -0.39 is 116 Å². The number of H-pyrrole nitrogens is 1. The lowest BCUT2D eigenvalue weighted by molar-refractivity contribution is -0.323. The van der Waals surface area contributed by atoms with Gasteiger partial charge < -0.3 is 66.6 Å². The molecule has 0 amide bonds. The second-order valence-electron chi connectivity index (χ2n) is 14.5. The first-order valence-electron chi connectivity index (χ1n) is 20.1. The average molecular weight is 916 g/mol. The number of rotatable bonds is 17. The van der Waals surface area contributed by atoms with Gasteiger partial charge in [-0.05, 0) is 24.6 Å². The van der Waals surface area contributed by atoms with Gasteiger partial charge in [0.1, 0.15) is 18.4 Å². The second-order valence-corrected chi connectivity index (χ2v) is 14.5. The standard InChI is InChI=1S/C43H49NO21/c1-9-54-30-16-27-15-29(40(51)55-18-26-13-11-10-12-14-26)44-28(27)17-31(30)63-43-39(62-25(7)50)34(58-21(3)46)33(57-20(2)45)32(64-43)19-56-42-38(61-24(6)49)36(60-23(5)48)35(59-22(4)47)37(65-42)41(52)53-8/h10-17,32-39,42-44H,9,18-19H2,1-8H3/t32-,33+,34+,35+,36+,37?,38-,39-,42-,43-/m1/s1. The molecule has 0 radical (unpaired) electrons. The van der Waals surface area contributed by atoms with Gasteiger partial charge in [-0.2, -0.15) is 0 Å². The van der Waals surface area contributed by atoms with E-state index in [1.165, 1.54) is 6.07 Å². The molecule has 0 spiro atoms. The highest BCUT2D eigenvalue weighted by Crippen LogP contribution is 2.38. The maximum atomic E-state index is 13.1. The molecule has 2 fully saturated rings. The molecule has 2 saturated heterocycles. The third-order valence-electron chi connectivity index (χ3n) is 9.42. The van der Waals surface area contributed by atoms with Crippen LogP contribution in [-0.4, -0.2) is 134 Å². The lowest BCUT2D eigenvalue weighted by Crippen LogP contribution is -2.65. The molecule has 3 aromatic rings. The van der Waals surface area contributed by atoms with E-state index in [-0.39, 0.29) is 30.4 Å². The van der Waals surface area contributed by atoms with Gasteiger partial charge in [-0.15, -0.1) is 0 Å². The molecule has 22 heteroatoms. The molecule has 2 aromatic carbocycles. The Kier molecular flexibility index (Phi) is 16.8. The number of carbonyl (C=O) groups is 8. The summed E-state index contributed by atoms with van der Waals surface area (Å²) in [5.74, 6) is -7.20. The Hall–Kier alpha value is -6.78. The number of nitrogens with one attached hydrogen (secondary N) is 1. The highest BCUT2D eigenvalue weighted by molar-refractivity contribution is 5.96. The minimum Gasteiger partial charge on any atom is -0.490 e. The van der Waals surface area contributed by atoms with Gasteiger partial charge in [-0.3, -0.25) is 28.8 Å². The SMILES string of the molecule is CCOc1cc2cc(C(=O)OCc3ccccc3)[nH]c2cc1O[C@@H]1O[C@H](CO[C@@H]2OC(C(=O)OC)[C@@H](OC(C)=O)[C@H](OC(C)=O)[C@H]2OC(C)=O)[C@H](OC(C)=O)[C@H](OC(C)=O)[C@H]1OC(C)=O. The van der Waals surface area contributed by atoms with Crippen LogP contribution in [-0.2, 0) is 92.3 Å². The van der Waals surface area contributed by atoms with Gasteiger partial charge >= 0.3 is 47.8 Å². The first-order chi connectivity index (χ1) is 30.9. The van der Waals surface area contributed by atoms with E-state index in [1.54, 1.807) is 31.2 Å². The van der Waals surface area contributed by atoms with Crippen LogP contribution in [0.5, 0.6) is 11.5 Å². The van der Waals surface area contributed by atoms with Crippen LogP contribution in [0.4, 0.5) is 0 Å². The largest absolute Gasteiger partial charge is 0.490 e. The van der Waals surface area contributed by atoms with Crippen molar-refractivity contribution in [2.45, 2.75) is 116 Å². The van der Waals surface area contributed by atoms with Crippen LogP contribution in [0.3, 0.4) is 0 Å². The Labute approximate surface area is 371 Å². The summed E-state index contributed by atoms with van der Waals surface area (Å²) < 4.78 is 73.8. The van der Waals surface area contributed by atoms with Crippen LogP contribution in [0.1, 0.15) is 64.5 Å². The molecule has 1 unspecified atom stereocenters. The number of aromatic nitrogens is 1. The summed E-state index contributed by atoms with van der Waals surface area (Å²) >= 11 is 0. The van der Waals surface area contributed by atoms with E-state index in [2.05, 4.69) is 4.98 Å². The maximum Gasteiger partial charge on any atom is 0.355 e. The zero-order valence-corrected chi connectivity index (χ0v) is 36.6. The van der Waals surface area contributed by atoms with Crippen molar-refractivity contribution >= 4 is 58.7 Å². The fraction of sp³-hybridized carbons (Fsp3) is 0.488. The fourth-order valence-corrected chi connectivity index (χ4v) is 7.02. The van der Waals surface area contributed by atoms with Crippen molar-refractivity contribution in [3.63, 3.8) is 0 Å². The molecule has 10 atom stereocenters. The molecule has 3 heterocycles. The van der Waals surface area contributed by atoms with Crippen molar-refractivity contribution in [3.05, 3.63) is 59.8 Å². The zero-order valence-electron chi connectivity index (χ0n) is 36.6. The van der Waals surface area contributed by atoms with Crippen LogP contribution in [0.25, 0.3) is 10.9 Å². The van der Waals surface area contributed by atoms with E-state index in [0.717, 1.165) is 54.2 Å². The van der Waals surface area contributed by atoms with E-state index in [9.17, 15) is 38.4 Å². The van der Waals surface area contributed by atoms with Gasteiger partial charge in [0, 0.05) is 53.0 Å². The maximum absolute atomic E-state index is 13.1. The lowest BCUT2D eigenvalue weighted by atomic mass is 9.97. The lowest BCUT2D eigenvalue weighted by Gasteiger charge is -2.46. The monoisotopic (exact) mass is 915 g/mol. The number of aromatic amines is 1. The molecule has 1 aromatic heterocycles. The van der Waals surface area contributed by atoms with Crippen molar-refractivity contribution in [2.75, 3.05) is 20.3 Å². The predicted molar refractivity (Wildman–Crippen MR) is 214 cm³/mol. The number of hydrogen-bond acceptors (Lipinski definition) is 21. The third-order valence-corrected chi connectivity index (χ3v) is 9.42. The molecular formula is C43H49NO21. The summed E-state index contributed by atoms with van der Waals surface area (Å²) in [5, 5.41) is 0.510. The van der Waals surface area contributed by atoms with E-state index in [0.29, 0.717) is 10.9 Å². The normalized spacial score (nSPS) is 24.9. The summed E-state index contributed by atoms with van der Waals surface area (Å²) in [6.45, 7) is 7.26. The van der Waals surface area contributed by atoms with Crippen molar-refractivity contribution in [2.24, 2.45) is 0 Å². The average Bonchev–Trinajstić information content (AvgIpc) is 3.65. The molecule has 0 aliphatic carbocycles. The fourth-order valence-electron chi connectivity index (χ4n) is 7.02. The topological polar surface area (TPSA) is 272 Å². The van der Waals surface area contributed by atoms with Crippen LogP contribution >= 0.6 is 0 Å². The van der Waals surface area contributed by atoms with Crippen LogP contribution in [0.2, 0.25) is 0 Å². The predicted octanol–water partition coefficient (Wildman–Crippen LogP) is 2.53. The first kappa shape index (κ1) is 49.2. The van der Waals surface area contributed by atoms with Crippen molar-refractivity contribution in [1.29, 1.82) is 0 Å². The number of benzene rings is 2. The zero-order chi connectivity index (χ0) is 47.5. The smallest absolute Gasteiger partial charge is 0.355 e. The van der Waals surface area contributed by atoms with Gasteiger partial charge in [-0.1, -0.05) is 30.3 Å². The van der Waals surface area contributed by atoms with Crippen LogP contribution in [0.15, 0.2) is 48.5 Å². The summed E-state index contributed by atoms with van der Waals surface area (Å²) in [7, 11) is 1.00. The molecule has 2 aliphatic heterocycles. The Morgan fingerprint density at radius 1 is 0.615 bits per heavy atom. The second kappa shape index (κ2) is 22.2. The van der Waals surface area contributed by atoms with Crippen molar-refractivity contribution < 1.29 is 99.9 Å².